The number of hydrazone groups is 1. The van der Waals surface area contributed by atoms with Crippen LogP contribution in [0.3, 0.4) is 0 Å². The van der Waals surface area contributed by atoms with Gasteiger partial charge in [-0.25, -0.2) is 10.4 Å². The number of nitrogens with zero attached hydrogens (tertiary/aromatic N) is 2. The largest absolute Gasteiger partial charge is 0.488 e. The highest BCUT2D eigenvalue weighted by Gasteiger charge is 2.09. The van der Waals surface area contributed by atoms with Crippen LogP contribution in [0.15, 0.2) is 65.1 Å². The van der Waals surface area contributed by atoms with Gasteiger partial charge in [0.2, 0.25) is 5.91 Å². The number of hydrogen-bond acceptors (Lipinski definition) is 5. The molecule has 3 rings (SSSR count). The van der Waals surface area contributed by atoms with Crippen molar-refractivity contribution in [2.75, 3.05) is 0 Å². The Kier molecular flexibility index (Phi) is 6.33. The lowest BCUT2D eigenvalue weighted by molar-refractivity contribution is -0.120. The van der Waals surface area contributed by atoms with E-state index in [1.165, 1.54) is 11.3 Å². The van der Waals surface area contributed by atoms with Crippen molar-refractivity contribution in [3.63, 3.8) is 0 Å². The summed E-state index contributed by atoms with van der Waals surface area (Å²) in [6.45, 7) is 4.23. The first-order valence-electron chi connectivity index (χ1n) is 8.62. The summed E-state index contributed by atoms with van der Waals surface area (Å²) in [6, 6.07) is 17.6. The van der Waals surface area contributed by atoms with Gasteiger partial charge < -0.3 is 4.74 Å². The molecule has 27 heavy (non-hydrogen) atoms. The number of amides is 1. The summed E-state index contributed by atoms with van der Waals surface area (Å²) in [5, 5.41) is 6.94. The molecule has 0 spiro atoms. The van der Waals surface area contributed by atoms with E-state index < -0.39 is 0 Å². The normalized spacial score (nSPS) is 11.3. The highest BCUT2D eigenvalue weighted by atomic mass is 32.1. The Balaban J connectivity index is 1.64. The fourth-order valence-corrected chi connectivity index (χ4v) is 3.26. The quantitative estimate of drug-likeness (QED) is 0.496. The maximum atomic E-state index is 12.1. The highest BCUT2D eigenvalue weighted by Crippen LogP contribution is 2.20. The maximum Gasteiger partial charge on any atom is 0.246 e. The van der Waals surface area contributed by atoms with Gasteiger partial charge >= 0.3 is 0 Å². The zero-order chi connectivity index (χ0) is 19.1. The standard InChI is InChI=1S/C21H21N3O2S/c1-15-14-27-21(22-15)12-20(25)24-23-16(2)18-10-6-7-11-19(18)26-13-17-8-4-3-5-9-17/h3-11,14H,12-13H2,1-2H3,(H,24,25)/b23-16-. The second-order valence-corrected chi connectivity index (χ2v) is 7.00. The summed E-state index contributed by atoms with van der Waals surface area (Å²) in [4.78, 5) is 16.4. The molecule has 1 aromatic heterocycles. The third-order valence-electron chi connectivity index (χ3n) is 3.84. The molecule has 0 fully saturated rings. The number of benzene rings is 2. The van der Waals surface area contributed by atoms with Gasteiger partial charge in [0.1, 0.15) is 17.4 Å². The van der Waals surface area contributed by atoms with E-state index in [1.807, 2.05) is 73.8 Å². The van der Waals surface area contributed by atoms with E-state index in [4.69, 9.17) is 4.74 Å². The van der Waals surface area contributed by atoms with Crippen LogP contribution in [0.5, 0.6) is 5.75 Å². The van der Waals surface area contributed by atoms with E-state index in [-0.39, 0.29) is 12.3 Å². The molecule has 0 aliphatic heterocycles. The molecule has 1 heterocycles. The van der Waals surface area contributed by atoms with Crippen molar-refractivity contribution < 1.29 is 9.53 Å². The number of ether oxygens (including phenoxy) is 1. The molecule has 0 bridgehead atoms. The zero-order valence-electron chi connectivity index (χ0n) is 15.3. The van der Waals surface area contributed by atoms with Crippen LogP contribution >= 0.6 is 11.3 Å². The van der Waals surface area contributed by atoms with Crippen molar-refractivity contribution >= 4 is 23.0 Å². The van der Waals surface area contributed by atoms with Crippen molar-refractivity contribution in [1.82, 2.24) is 10.4 Å². The lowest BCUT2D eigenvalue weighted by atomic mass is 10.1. The van der Waals surface area contributed by atoms with Crippen LogP contribution in [-0.4, -0.2) is 16.6 Å². The van der Waals surface area contributed by atoms with Gasteiger partial charge in [0, 0.05) is 16.6 Å². The second kappa shape index (κ2) is 9.09. The number of thiazole rings is 1. The van der Waals surface area contributed by atoms with Gasteiger partial charge in [0.15, 0.2) is 0 Å². The summed E-state index contributed by atoms with van der Waals surface area (Å²) < 4.78 is 5.95. The Morgan fingerprint density at radius 1 is 1.15 bits per heavy atom. The first kappa shape index (κ1) is 18.8. The number of carbonyl (C=O) groups is 1. The van der Waals surface area contributed by atoms with Crippen molar-refractivity contribution in [2.45, 2.75) is 26.9 Å². The summed E-state index contributed by atoms with van der Waals surface area (Å²) in [7, 11) is 0. The Hall–Kier alpha value is -2.99. The average molecular weight is 379 g/mol. The summed E-state index contributed by atoms with van der Waals surface area (Å²) in [6.07, 6.45) is 0.224. The van der Waals surface area contributed by atoms with E-state index in [9.17, 15) is 4.79 Å². The lowest BCUT2D eigenvalue weighted by Gasteiger charge is -2.11. The van der Waals surface area contributed by atoms with Crippen LogP contribution in [0.4, 0.5) is 0 Å². The number of carbonyl (C=O) groups excluding carboxylic acids is 1. The van der Waals surface area contributed by atoms with Gasteiger partial charge in [-0.3, -0.25) is 4.79 Å². The first-order chi connectivity index (χ1) is 13.1. The summed E-state index contributed by atoms with van der Waals surface area (Å²) >= 11 is 1.48. The van der Waals surface area contributed by atoms with Crippen LogP contribution in [-0.2, 0) is 17.8 Å². The SMILES string of the molecule is C/C(=N/NC(=O)Cc1nc(C)cs1)c1ccccc1OCc1ccccc1. The predicted molar refractivity (Wildman–Crippen MR) is 108 cm³/mol. The minimum Gasteiger partial charge on any atom is -0.488 e. The van der Waals surface area contributed by atoms with Gasteiger partial charge in [-0.2, -0.15) is 5.10 Å². The number of aryl methyl sites for hydroxylation is 1. The van der Waals surface area contributed by atoms with Crippen molar-refractivity contribution in [2.24, 2.45) is 5.10 Å². The molecule has 3 aromatic rings. The van der Waals surface area contributed by atoms with Gasteiger partial charge in [-0.1, -0.05) is 42.5 Å². The van der Waals surface area contributed by atoms with Crippen molar-refractivity contribution in [3.05, 3.63) is 81.8 Å². The molecule has 0 unspecified atom stereocenters. The highest BCUT2D eigenvalue weighted by molar-refractivity contribution is 7.09. The molecule has 0 aliphatic carbocycles. The van der Waals surface area contributed by atoms with Gasteiger partial charge in [0.25, 0.3) is 0 Å². The molecule has 138 valence electrons. The third kappa shape index (κ3) is 5.49. The third-order valence-corrected chi connectivity index (χ3v) is 4.81. The van der Waals surface area contributed by atoms with Gasteiger partial charge in [-0.15, -0.1) is 11.3 Å². The molecule has 0 aliphatic rings. The fourth-order valence-electron chi connectivity index (χ4n) is 2.49. The van der Waals surface area contributed by atoms with E-state index in [0.717, 1.165) is 27.6 Å². The van der Waals surface area contributed by atoms with Crippen LogP contribution in [0, 0.1) is 6.92 Å². The van der Waals surface area contributed by atoms with Gasteiger partial charge in [0.05, 0.1) is 12.1 Å². The predicted octanol–water partition coefficient (Wildman–Crippen LogP) is 4.11. The molecule has 0 atom stereocenters. The number of aromatic nitrogens is 1. The molecule has 5 nitrogen and oxygen atoms in total. The summed E-state index contributed by atoms with van der Waals surface area (Å²) in [5.74, 6) is 0.541. The number of para-hydroxylation sites is 1. The molecule has 0 saturated heterocycles. The summed E-state index contributed by atoms with van der Waals surface area (Å²) in [5.41, 5.74) is 6.14. The molecule has 1 N–H and O–H groups in total. The molecule has 0 saturated carbocycles. The molecule has 0 radical (unpaired) electrons. The van der Waals surface area contributed by atoms with E-state index in [2.05, 4.69) is 15.5 Å². The number of nitrogens with one attached hydrogen (secondary N) is 1. The van der Waals surface area contributed by atoms with Crippen LogP contribution in [0.2, 0.25) is 0 Å². The van der Waals surface area contributed by atoms with Crippen LogP contribution in [0.25, 0.3) is 0 Å². The zero-order valence-corrected chi connectivity index (χ0v) is 16.1. The number of hydrogen-bond donors (Lipinski definition) is 1. The van der Waals surface area contributed by atoms with E-state index in [0.29, 0.717) is 12.3 Å². The van der Waals surface area contributed by atoms with Gasteiger partial charge in [-0.05, 0) is 31.5 Å². The van der Waals surface area contributed by atoms with Crippen LogP contribution in [0.1, 0.15) is 28.8 Å². The lowest BCUT2D eigenvalue weighted by Crippen LogP contribution is -2.21. The monoisotopic (exact) mass is 379 g/mol. The minimum absolute atomic E-state index is 0.189. The number of rotatable bonds is 7. The van der Waals surface area contributed by atoms with Crippen LogP contribution < -0.4 is 10.2 Å². The Bertz CT molecular complexity index is 935. The first-order valence-corrected chi connectivity index (χ1v) is 9.50. The van der Waals surface area contributed by atoms with E-state index >= 15 is 0 Å². The minimum atomic E-state index is -0.189. The smallest absolute Gasteiger partial charge is 0.246 e. The Morgan fingerprint density at radius 3 is 2.63 bits per heavy atom. The van der Waals surface area contributed by atoms with Crippen molar-refractivity contribution in [3.8, 4) is 5.75 Å². The Morgan fingerprint density at radius 2 is 1.89 bits per heavy atom. The fraction of sp³-hybridized carbons (Fsp3) is 0.190. The van der Waals surface area contributed by atoms with E-state index in [1.54, 1.807) is 0 Å². The topological polar surface area (TPSA) is 63.6 Å². The average Bonchev–Trinajstić information content (AvgIpc) is 3.10. The molecular formula is C21H21N3O2S. The second-order valence-electron chi connectivity index (χ2n) is 6.06. The molecular weight excluding hydrogens is 358 g/mol. The molecule has 1 amide bonds. The Labute approximate surface area is 162 Å². The maximum absolute atomic E-state index is 12.1. The van der Waals surface area contributed by atoms with Crippen molar-refractivity contribution in [1.29, 1.82) is 0 Å². The molecule has 2 aromatic carbocycles. The molecule has 6 heteroatoms.